The highest BCUT2D eigenvalue weighted by Crippen LogP contribution is 2.41. The zero-order valence-electron chi connectivity index (χ0n) is 8.77. The van der Waals surface area contributed by atoms with Crippen molar-refractivity contribution in [2.45, 2.75) is 31.3 Å². The van der Waals surface area contributed by atoms with E-state index in [9.17, 15) is 13.2 Å². The highest BCUT2D eigenvalue weighted by atomic mass is 35.5. The van der Waals surface area contributed by atoms with Crippen LogP contribution in [-0.4, -0.2) is 11.5 Å². The lowest BCUT2D eigenvalue weighted by molar-refractivity contribution is -0.0932. The SMILES string of the molecule is C=CC1=C(/C(F)=C\CC)OC(Cl)C(F)(F)C1. The van der Waals surface area contributed by atoms with Crippen LogP contribution in [0.1, 0.15) is 19.8 Å². The second kappa shape index (κ2) is 4.95. The van der Waals surface area contributed by atoms with E-state index in [1.807, 2.05) is 0 Å². The molecule has 16 heavy (non-hydrogen) atoms. The van der Waals surface area contributed by atoms with Crippen molar-refractivity contribution >= 4 is 11.6 Å². The number of ether oxygens (including phenoxy) is 1. The van der Waals surface area contributed by atoms with E-state index in [4.69, 9.17) is 16.3 Å². The lowest BCUT2D eigenvalue weighted by Crippen LogP contribution is -2.35. The Morgan fingerprint density at radius 3 is 2.81 bits per heavy atom. The summed E-state index contributed by atoms with van der Waals surface area (Å²) in [4.78, 5) is 0. The molecule has 0 bridgehead atoms. The highest BCUT2D eigenvalue weighted by molar-refractivity contribution is 6.20. The van der Waals surface area contributed by atoms with E-state index in [2.05, 4.69) is 6.58 Å². The van der Waals surface area contributed by atoms with Gasteiger partial charge in [-0.1, -0.05) is 31.2 Å². The summed E-state index contributed by atoms with van der Waals surface area (Å²) in [5.41, 5.74) is -1.81. The summed E-state index contributed by atoms with van der Waals surface area (Å²) in [6.07, 6.45) is 2.18. The topological polar surface area (TPSA) is 9.23 Å². The molecule has 0 fully saturated rings. The van der Waals surface area contributed by atoms with Gasteiger partial charge in [-0.2, -0.15) is 0 Å². The summed E-state index contributed by atoms with van der Waals surface area (Å²) < 4.78 is 44.5. The van der Waals surface area contributed by atoms with Crippen LogP contribution >= 0.6 is 11.6 Å². The zero-order valence-corrected chi connectivity index (χ0v) is 9.53. The summed E-state index contributed by atoms with van der Waals surface area (Å²) in [7, 11) is 0. The summed E-state index contributed by atoms with van der Waals surface area (Å²) in [5.74, 6) is -4.12. The maximum absolute atomic E-state index is 13.5. The van der Waals surface area contributed by atoms with Crippen LogP contribution in [0.15, 0.2) is 35.9 Å². The van der Waals surface area contributed by atoms with Gasteiger partial charge >= 0.3 is 5.92 Å². The largest absolute Gasteiger partial charge is 0.465 e. The number of allylic oxidation sites excluding steroid dienone is 4. The van der Waals surface area contributed by atoms with Gasteiger partial charge in [-0.05, 0) is 12.5 Å². The Morgan fingerprint density at radius 2 is 2.31 bits per heavy atom. The number of hydrogen-bond acceptors (Lipinski definition) is 1. The van der Waals surface area contributed by atoms with Gasteiger partial charge in [0.2, 0.25) is 5.56 Å². The van der Waals surface area contributed by atoms with Gasteiger partial charge in [0, 0.05) is 12.0 Å². The molecule has 0 aromatic heterocycles. The minimum absolute atomic E-state index is 0.0316. The molecule has 1 aliphatic rings. The average molecular weight is 253 g/mol. The van der Waals surface area contributed by atoms with Crippen molar-refractivity contribution in [3.8, 4) is 0 Å². The van der Waals surface area contributed by atoms with Crippen LogP contribution in [0.3, 0.4) is 0 Å². The number of rotatable bonds is 3. The molecule has 90 valence electrons. The molecular formula is C11H12ClF3O. The Morgan fingerprint density at radius 1 is 1.69 bits per heavy atom. The monoisotopic (exact) mass is 252 g/mol. The van der Waals surface area contributed by atoms with E-state index in [0.717, 1.165) is 6.08 Å². The number of hydrogen-bond donors (Lipinski definition) is 0. The fourth-order valence-electron chi connectivity index (χ4n) is 1.33. The predicted octanol–water partition coefficient (Wildman–Crippen LogP) is 4.31. The van der Waals surface area contributed by atoms with Gasteiger partial charge in [-0.15, -0.1) is 0 Å². The first kappa shape index (κ1) is 13.2. The summed E-state index contributed by atoms with van der Waals surface area (Å²) in [6.45, 7) is 5.09. The van der Waals surface area contributed by atoms with E-state index < -0.39 is 23.7 Å². The van der Waals surface area contributed by atoms with E-state index in [-0.39, 0.29) is 11.3 Å². The predicted molar refractivity (Wildman–Crippen MR) is 57.0 cm³/mol. The van der Waals surface area contributed by atoms with Gasteiger partial charge in [0.15, 0.2) is 11.6 Å². The molecule has 1 nitrogen and oxygen atoms in total. The van der Waals surface area contributed by atoms with Crippen LogP contribution in [0.4, 0.5) is 13.2 Å². The molecule has 1 aliphatic heterocycles. The standard InChI is InChI=1S/C11H12ClF3O/c1-3-5-8(13)9-7(4-2)6-11(14,15)10(12)16-9/h4-5,10H,2-3,6H2,1H3/b8-5+. The van der Waals surface area contributed by atoms with E-state index in [1.54, 1.807) is 6.92 Å². The minimum Gasteiger partial charge on any atom is -0.465 e. The highest BCUT2D eigenvalue weighted by Gasteiger charge is 2.45. The molecule has 5 heteroatoms. The third kappa shape index (κ3) is 2.61. The third-order valence-electron chi connectivity index (χ3n) is 2.12. The summed E-state index contributed by atoms with van der Waals surface area (Å²) in [6, 6.07) is 0. The summed E-state index contributed by atoms with van der Waals surface area (Å²) >= 11 is 5.33. The van der Waals surface area contributed by atoms with Crippen molar-refractivity contribution < 1.29 is 17.9 Å². The molecule has 0 aromatic carbocycles. The van der Waals surface area contributed by atoms with Gasteiger partial charge < -0.3 is 4.74 Å². The molecule has 0 N–H and O–H groups in total. The van der Waals surface area contributed by atoms with Crippen molar-refractivity contribution in [1.82, 2.24) is 0 Å². The Labute approximate surface area is 97.2 Å². The Balaban J connectivity index is 3.10. The maximum atomic E-state index is 13.5. The first-order valence-corrected chi connectivity index (χ1v) is 5.26. The molecule has 1 atom stereocenters. The normalized spacial score (nSPS) is 25.3. The third-order valence-corrected chi connectivity index (χ3v) is 2.53. The molecule has 0 saturated heterocycles. The minimum atomic E-state index is -3.21. The zero-order chi connectivity index (χ0) is 12.3. The molecule has 1 rings (SSSR count). The Kier molecular flexibility index (Phi) is 4.08. The van der Waals surface area contributed by atoms with Crippen molar-refractivity contribution in [3.05, 3.63) is 35.9 Å². The van der Waals surface area contributed by atoms with Crippen molar-refractivity contribution in [3.63, 3.8) is 0 Å². The van der Waals surface area contributed by atoms with Crippen molar-refractivity contribution in [1.29, 1.82) is 0 Å². The second-order valence-electron chi connectivity index (χ2n) is 3.39. The lowest BCUT2D eigenvalue weighted by atomic mass is 10.0. The average Bonchev–Trinajstić information content (AvgIpc) is 2.21. The maximum Gasteiger partial charge on any atom is 0.302 e. The van der Waals surface area contributed by atoms with E-state index >= 15 is 0 Å². The smallest absolute Gasteiger partial charge is 0.302 e. The van der Waals surface area contributed by atoms with Gasteiger partial charge in [0.1, 0.15) is 0 Å². The molecule has 1 unspecified atom stereocenters. The van der Waals surface area contributed by atoms with Crippen LogP contribution in [0.2, 0.25) is 0 Å². The van der Waals surface area contributed by atoms with Gasteiger partial charge in [0.25, 0.3) is 0 Å². The molecule has 0 aliphatic carbocycles. The first-order chi connectivity index (χ1) is 7.42. The number of halogens is 4. The van der Waals surface area contributed by atoms with Crippen LogP contribution in [-0.2, 0) is 4.74 Å². The second-order valence-corrected chi connectivity index (χ2v) is 3.79. The van der Waals surface area contributed by atoms with Gasteiger partial charge in [-0.25, -0.2) is 13.2 Å². The van der Waals surface area contributed by atoms with E-state index in [0.29, 0.717) is 6.42 Å². The van der Waals surface area contributed by atoms with Crippen LogP contribution in [0.25, 0.3) is 0 Å². The van der Waals surface area contributed by atoms with Crippen LogP contribution in [0, 0.1) is 0 Å². The first-order valence-electron chi connectivity index (χ1n) is 4.82. The fraction of sp³-hybridized carbons (Fsp3) is 0.455. The van der Waals surface area contributed by atoms with Crippen molar-refractivity contribution in [2.24, 2.45) is 0 Å². The van der Waals surface area contributed by atoms with Crippen LogP contribution < -0.4 is 0 Å². The fourth-order valence-corrected chi connectivity index (χ4v) is 1.49. The van der Waals surface area contributed by atoms with Gasteiger partial charge in [-0.3, -0.25) is 0 Å². The van der Waals surface area contributed by atoms with Gasteiger partial charge in [0.05, 0.1) is 0 Å². The molecule has 0 aromatic rings. The molecule has 1 heterocycles. The molecular weight excluding hydrogens is 241 g/mol. The Hall–Kier alpha value is -0.900. The van der Waals surface area contributed by atoms with E-state index in [1.165, 1.54) is 6.08 Å². The van der Waals surface area contributed by atoms with Crippen LogP contribution in [0.5, 0.6) is 0 Å². The quantitative estimate of drug-likeness (QED) is 0.680. The molecule has 0 spiro atoms. The molecule has 0 saturated carbocycles. The molecule has 0 radical (unpaired) electrons. The van der Waals surface area contributed by atoms with Crippen molar-refractivity contribution in [2.75, 3.05) is 0 Å². The number of alkyl halides is 3. The lowest BCUT2D eigenvalue weighted by Gasteiger charge is -2.30. The summed E-state index contributed by atoms with van der Waals surface area (Å²) in [5, 5.41) is 0. The molecule has 0 amide bonds. The Bertz CT molecular complexity index is 347.